The minimum Gasteiger partial charge on any atom is -0.391 e. The van der Waals surface area contributed by atoms with Crippen molar-refractivity contribution in [1.82, 2.24) is 5.32 Å². The van der Waals surface area contributed by atoms with Gasteiger partial charge in [-0.1, -0.05) is 23.4 Å². The van der Waals surface area contributed by atoms with Crippen molar-refractivity contribution in [2.24, 2.45) is 10.1 Å². The van der Waals surface area contributed by atoms with Gasteiger partial charge in [0.15, 0.2) is 0 Å². The lowest BCUT2D eigenvalue weighted by Crippen LogP contribution is -2.28. The molecule has 0 spiro atoms. The standard InChI is InChI=1S/C12H12F3N3O.ClH/c13-12(14,15)11-4-2-1-3-9(11)7-19-18-10-5-16-8-17-6-10;/h1-4,8H,5-7H2,(H,16,17);1H. The maximum atomic E-state index is 12.7. The van der Waals surface area contributed by atoms with Crippen molar-refractivity contribution in [3.8, 4) is 0 Å². The van der Waals surface area contributed by atoms with Gasteiger partial charge in [-0.15, -0.1) is 12.4 Å². The van der Waals surface area contributed by atoms with Crippen LogP contribution in [0.2, 0.25) is 0 Å². The minimum atomic E-state index is -4.39. The number of nitrogens with zero attached hydrogens (tertiary/aromatic N) is 2. The molecule has 8 heteroatoms. The summed E-state index contributed by atoms with van der Waals surface area (Å²) in [7, 11) is 0. The van der Waals surface area contributed by atoms with Crippen molar-refractivity contribution in [1.29, 1.82) is 0 Å². The molecule has 0 aromatic heterocycles. The molecular formula is C12H13ClF3N3O. The van der Waals surface area contributed by atoms with Gasteiger partial charge >= 0.3 is 6.18 Å². The van der Waals surface area contributed by atoms with E-state index >= 15 is 0 Å². The van der Waals surface area contributed by atoms with E-state index in [-0.39, 0.29) is 24.6 Å². The number of halogens is 4. The van der Waals surface area contributed by atoms with Crippen LogP contribution in [-0.2, 0) is 17.6 Å². The molecule has 1 aliphatic rings. The molecule has 110 valence electrons. The van der Waals surface area contributed by atoms with Gasteiger partial charge in [0.2, 0.25) is 0 Å². The van der Waals surface area contributed by atoms with E-state index in [4.69, 9.17) is 4.84 Å². The minimum absolute atomic E-state index is 0. The lowest BCUT2D eigenvalue weighted by atomic mass is 10.1. The van der Waals surface area contributed by atoms with Gasteiger partial charge in [-0.05, 0) is 6.07 Å². The molecule has 0 aliphatic carbocycles. The third-order valence-corrected chi connectivity index (χ3v) is 2.50. The lowest BCUT2D eigenvalue weighted by Gasteiger charge is -2.12. The number of alkyl halides is 3. The van der Waals surface area contributed by atoms with Crippen molar-refractivity contribution < 1.29 is 18.0 Å². The SMILES string of the molecule is Cl.FC(F)(F)c1ccccc1CO/N=C1\CN=CNC1. The third-order valence-electron chi connectivity index (χ3n) is 2.50. The fraction of sp³-hybridized carbons (Fsp3) is 0.333. The number of nitrogens with one attached hydrogen (secondary N) is 1. The van der Waals surface area contributed by atoms with Crippen LogP contribution in [0.4, 0.5) is 13.2 Å². The Morgan fingerprint density at radius 2 is 2.05 bits per heavy atom. The quantitative estimate of drug-likeness (QED) is 0.873. The zero-order chi connectivity index (χ0) is 13.7. The molecule has 0 atom stereocenters. The number of oxime groups is 1. The Morgan fingerprint density at radius 3 is 2.70 bits per heavy atom. The third kappa shape index (κ3) is 4.41. The van der Waals surface area contributed by atoms with E-state index in [0.29, 0.717) is 18.8 Å². The van der Waals surface area contributed by atoms with Gasteiger partial charge in [0, 0.05) is 5.56 Å². The van der Waals surface area contributed by atoms with Crippen LogP contribution in [-0.4, -0.2) is 25.1 Å². The zero-order valence-electron chi connectivity index (χ0n) is 10.4. The van der Waals surface area contributed by atoms with Crippen molar-refractivity contribution in [2.75, 3.05) is 13.1 Å². The summed E-state index contributed by atoms with van der Waals surface area (Å²) in [4.78, 5) is 8.88. The van der Waals surface area contributed by atoms with Crippen LogP contribution in [0.3, 0.4) is 0 Å². The molecule has 4 nitrogen and oxygen atoms in total. The predicted octanol–water partition coefficient (Wildman–Crippen LogP) is 2.63. The highest BCUT2D eigenvalue weighted by Gasteiger charge is 2.32. The second kappa shape index (κ2) is 7.14. The van der Waals surface area contributed by atoms with Crippen LogP contribution >= 0.6 is 12.4 Å². The highest BCUT2D eigenvalue weighted by atomic mass is 35.5. The van der Waals surface area contributed by atoms with Crippen LogP contribution in [0.1, 0.15) is 11.1 Å². The molecule has 2 rings (SSSR count). The number of aliphatic imine (C=N–C) groups is 1. The first kappa shape index (κ1) is 16.3. The molecule has 1 heterocycles. The molecular weight excluding hydrogens is 295 g/mol. The van der Waals surface area contributed by atoms with Gasteiger partial charge in [-0.2, -0.15) is 13.2 Å². The van der Waals surface area contributed by atoms with E-state index in [1.165, 1.54) is 18.2 Å². The van der Waals surface area contributed by atoms with Gasteiger partial charge < -0.3 is 10.2 Å². The molecule has 0 radical (unpaired) electrons. The van der Waals surface area contributed by atoms with Crippen LogP contribution < -0.4 is 5.32 Å². The molecule has 1 aromatic rings. The van der Waals surface area contributed by atoms with E-state index in [1.54, 1.807) is 6.34 Å². The Balaban J connectivity index is 0.00000200. The van der Waals surface area contributed by atoms with Gasteiger partial charge in [-0.3, -0.25) is 4.99 Å². The van der Waals surface area contributed by atoms with Crippen molar-refractivity contribution in [2.45, 2.75) is 12.8 Å². The Bertz CT molecular complexity index is 503. The number of hydrogen-bond donors (Lipinski definition) is 1. The summed E-state index contributed by atoms with van der Waals surface area (Å²) in [5.74, 6) is 0. The predicted molar refractivity (Wildman–Crippen MR) is 72.3 cm³/mol. The summed E-state index contributed by atoms with van der Waals surface area (Å²) in [6.07, 6.45) is -2.83. The van der Waals surface area contributed by atoms with E-state index in [1.807, 2.05) is 0 Å². The topological polar surface area (TPSA) is 46.0 Å². The fourth-order valence-electron chi connectivity index (χ4n) is 1.61. The number of hydrogen-bond acceptors (Lipinski definition) is 4. The molecule has 0 amide bonds. The first-order valence-electron chi connectivity index (χ1n) is 5.62. The van der Waals surface area contributed by atoms with Crippen LogP contribution in [0.25, 0.3) is 0 Å². The monoisotopic (exact) mass is 307 g/mol. The average molecular weight is 308 g/mol. The maximum Gasteiger partial charge on any atom is 0.416 e. The number of benzene rings is 1. The smallest absolute Gasteiger partial charge is 0.391 e. The van der Waals surface area contributed by atoms with Crippen molar-refractivity contribution >= 4 is 24.5 Å². The molecule has 1 aromatic carbocycles. The van der Waals surface area contributed by atoms with E-state index in [0.717, 1.165) is 6.07 Å². The van der Waals surface area contributed by atoms with E-state index < -0.39 is 11.7 Å². The maximum absolute atomic E-state index is 12.7. The van der Waals surface area contributed by atoms with Crippen molar-refractivity contribution in [3.05, 3.63) is 35.4 Å². The largest absolute Gasteiger partial charge is 0.416 e. The molecule has 0 saturated heterocycles. The zero-order valence-corrected chi connectivity index (χ0v) is 11.2. The van der Waals surface area contributed by atoms with Crippen LogP contribution in [0, 0.1) is 0 Å². The summed E-state index contributed by atoms with van der Waals surface area (Å²) in [5, 5.41) is 6.61. The Labute approximate surface area is 120 Å². The Morgan fingerprint density at radius 1 is 1.30 bits per heavy atom. The summed E-state index contributed by atoms with van der Waals surface area (Å²) in [6, 6.07) is 5.28. The summed E-state index contributed by atoms with van der Waals surface area (Å²) < 4.78 is 38.1. The molecule has 0 bridgehead atoms. The highest BCUT2D eigenvalue weighted by molar-refractivity contribution is 5.92. The van der Waals surface area contributed by atoms with E-state index in [9.17, 15) is 13.2 Å². The second-order valence-corrected chi connectivity index (χ2v) is 3.94. The highest BCUT2D eigenvalue weighted by Crippen LogP contribution is 2.32. The fourth-order valence-corrected chi connectivity index (χ4v) is 1.61. The summed E-state index contributed by atoms with van der Waals surface area (Å²) >= 11 is 0. The van der Waals surface area contributed by atoms with Crippen LogP contribution in [0.5, 0.6) is 0 Å². The first-order chi connectivity index (χ1) is 9.07. The van der Waals surface area contributed by atoms with Crippen molar-refractivity contribution in [3.63, 3.8) is 0 Å². The van der Waals surface area contributed by atoms with Gasteiger partial charge in [0.25, 0.3) is 0 Å². The molecule has 0 unspecified atom stereocenters. The van der Waals surface area contributed by atoms with Gasteiger partial charge in [0.1, 0.15) is 6.61 Å². The second-order valence-electron chi connectivity index (χ2n) is 3.94. The van der Waals surface area contributed by atoms with Gasteiger partial charge in [0.05, 0.1) is 30.7 Å². The Hall–Kier alpha value is -1.76. The normalized spacial score (nSPS) is 16.4. The molecule has 0 saturated carbocycles. The number of rotatable bonds is 3. The average Bonchev–Trinajstić information content (AvgIpc) is 2.39. The molecule has 1 N–H and O–H groups in total. The molecule has 0 fully saturated rings. The molecule has 1 aliphatic heterocycles. The molecule has 20 heavy (non-hydrogen) atoms. The van der Waals surface area contributed by atoms with Gasteiger partial charge in [-0.25, -0.2) is 0 Å². The Kier molecular flexibility index (Phi) is 5.82. The summed E-state index contributed by atoms with van der Waals surface area (Å²) in [6.45, 7) is 0.668. The van der Waals surface area contributed by atoms with Crippen LogP contribution in [0.15, 0.2) is 34.4 Å². The lowest BCUT2D eigenvalue weighted by molar-refractivity contribution is -0.138. The summed E-state index contributed by atoms with van der Waals surface area (Å²) in [5.41, 5.74) is 0.00796. The van der Waals surface area contributed by atoms with E-state index in [2.05, 4.69) is 15.5 Å². The first-order valence-corrected chi connectivity index (χ1v) is 5.62.